The molecule has 2 heteroatoms. The number of benzene rings is 1. The summed E-state index contributed by atoms with van der Waals surface area (Å²) >= 11 is 0. The van der Waals surface area contributed by atoms with Crippen LogP contribution in [0.5, 0.6) is 0 Å². The van der Waals surface area contributed by atoms with Crippen LogP contribution in [-0.4, -0.2) is 11.5 Å². The maximum absolute atomic E-state index is 11.4. The molecule has 0 aromatic heterocycles. The molecule has 0 aliphatic carbocycles. The van der Waals surface area contributed by atoms with E-state index in [9.17, 15) is 5.21 Å². The van der Waals surface area contributed by atoms with Crippen LogP contribution in [0.15, 0.2) is 30.3 Å². The van der Waals surface area contributed by atoms with E-state index in [-0.39, 0.29) is 11.5 Å². The summed E-state index contributed by atoms with van der Waals surface area (Å²) in [6.07, 6.45) is 0. The van der Waals surface area contributed by atoms with E-state index in [0.29, 0.717) is 0 Å². The van der Waals surface area contributed by atoms with E-state index in [4.69, 9.17) is 0 Å². The molecule has 1 unspecified atom stereocenters. The Morgan fingerprint density at radius 2 is 1.71 bits per heavy atom. The van der Waals surface area contributed by atoms with Crippen LogP contribution in [0.1, 0.15) is 32.4 Å². The zero-order valence-corrected chi connectivity index (χ0v) is 9.03. The van der Waals surface area contributed by atoms with Crippen molar-refractivity contribution in [1.29, 1.82) is 0 Å². The minimum Gasteiger partial charge on any atom is -0.624 e. The Labute approximate surface area is 85.5 Å². The lowest BCUT2D eigenvalue weighted by atomic mass is 9.83. The molecule has 0 spiro atoms. The molecule has 0 fully saturated rings. The summed E-state index contributed by atoms with van der Waals surface area (Å²) in [5.41, 5.74) is 0.912. The van der Waals surface area contributed by atoms with Crippen LogP contribution >= 0.6 is 0 Å². The van der Waals surface area contributed by atoms with Gasteiger partial charge in [-0.1, -0.05) is 51.1 Å². The Hall–Kier alpha value is -1.31. The molecule has 14 heavy (non-hydrogen) atoms. The molecule has 0 N–H and O–H groups in total. The van der Waals surface area contributed by atoms with Gasteiger partial charge in [0.2, 0.25) is 0 Å². The Morgan fingerprint density at radius 1 is 1.21 bits per heavy atom. The molecule has 0 bridgehead atoms. The summed E-state index contributed by atoms with van der Waals surface area (Å²) in [4.78, 5) is 0. The van der Waals surface area contributed by atoms with E-state index in [1.54, 1.807) is 0 Å². The summed E-state index contributed by atoms with van der Waals surface area (Å²) in [5, 5.41) is 11.4. The lowest BCUT2D eigenvalue weighted by molar-refractivity contribution is -0.518. The molecule has 0 amide bonds. The first-order valence-electron chi connectivity index (χ1n) is 4.75. The Kier molecular flexibility index (Phi) is 2.94. The molecule has 1 rings (SSSR count). The SMILES string of the molecule is C=[N+]([O-])C(c1ccccc1)C(C)(C)C. The Balaban J connectivity index is 3.08. The number of nitrogens with zero attached hydrogens (tertiary/aromatic N) is 1. The molecule has 0 saturated heterocycles. The highest BCUT2D eigenvalue weighted by molar-refractivity contribution is 5.22. The molecule has 1 aromatic rings. The molecule has 1 aromatic carbocycles. The van der Waals surface area contributed by atoms with Crippen molar-refractivity contribution in [3.8, 4) is 0 Å². The third-order valence-electron chi connectivity index (χ3n) is 2.22. The van der Waals surface area contributed by atoms with Gasteiger partial charge in [-0.05, 0) is 0 Å². The molecule has 76 valence electrons. The zero-order chi connectivity index (χ0) is 10.8. The molecule has 0 radical (unpaired) electrons. The predicted molar refractivity (Wildman–Crippen MR) is 59.4 cm³/mol. The summed E-state index contributed by atoms with van der Waals surface area (Å²) in [5.74, 6) is 0. The monoisotopic (exact) mass is 191 g/mol. The standard InChI is InChI=1S/C12H17NO/c1-12(2,3)11(13(4)14)10-8-6-5-7-9-10/h5-9,11H,4H2,1-3H3. The van der Waals surface area contributed by atoms with Crippen LogP contribution in [0.25, 0.3) is 0 Å². The minimum absolute atomic E-state index is 0.106. The van der Waals surface area contributed by atoms with Crippen molar-refractivity contribution in [2.75, 3.05) is 0 Å². The fraction of sp³-hybridized carbons (Fsp3) is 0.417. The maximum Gasteiger partial charge on any atom is 0.192 e. The Morgan fingerprint density at radius 3 is 2.07 bits per heavy atom. The fourth-order valence-electron chi connectivity index (χ4n) is 1.73. The second-order valence-electron chi connectivity index (χ2n) is 4.60. The molecular weight excluding hydrogens is 174 g/mol. The van der Waals surface area contributed by atoms with Gasteiger partial charge in [-0.15, -0.1) is 0 Å². The first kappa shape index (κ1) is 10.8. The van der Waals surface area contributed by atoms with Crippen LogP contribution in [0.2, 0.25) is 0 Å². The van der Waals surface area contributed by atoms with Crippen LogP contribution in [0, 0.1) is 10.6 Å². The van der Waals surface area contributed by atoms with E-state index in [1.165, 1.54) is 0 Å². The van der Waals surface area contributed by atoms with Crippen molar-refractivity contribution < 1.29 is 4.74 Å². The van der Waals surface area contributed by atoms with Crippen molar-refractivity contribution in [3.05, 3.63) is 41.1 Å². The Bertz CT molecular complexity index is 311. The molecule has 0 heterocycles. The highest BCUT2D eigenvalue weighted by Gasteiger charge is 2.32. The third-order valence-corrected chi connectivity index (χ3v) is 2.22. The van der Waals surface area contributed by atoms with Gasteiger partial charge in [0.25, 0.3) is 0 Å². The molecule has 0 aliphatic rings. The van der Waals surface area contributed by atoms with Gasteiger partial charge < -0.3 is 5.21 Å². The van der Waals surface area contributed by atoms with Gasteiger partial charge in [0, 0.05) is 11.0 Å². The quantitative estimate of drug-likeness (QED) is 0.305. The lowest BCUT2D eigenvalue weighted by Crippen LogP contribution is -2.26. The van der Waals surface area contributed by atoms with Crippen LogP contribution in [-0.2, 0) is 0 Å². The van der Waals surface area contributed by atoms with E-state index in [0.717, 1.165) is 10.3 Å². The fourth-order valence-corrected chi connectivity index (χ4v) is 1.73. The number of hydrogen-bond donors (Lipinski definition) is 0. The minimum atomic E-state index is -0.191. The first-order valence-corrected chi connectivity index (χ1v) is 4.75. The number of hydroxylamine groups is 1. The highest BCUT2D eigenvalue weighted by Crippen LogP contribution is 2.34. The molecular formula is C12H17NO. The summed E-state index contributed by atoms with van der Waals surface area (Å²) < 4.78 is 0.787. The second-order valence-corrected chi connectivity index (χ2v) is 4.60. The highest BCUT2D eigenvalue weighted by atomic mass is 16.5. The number of rotatable bonds is 2. The summed E-state index contributed by atoms with van der Waals surface area (Å²) in [7, 11) is 0. The van der Waals surface area contributed by atoms with Gasteiger partial charge >= 0.3 is 0 Å². The summed E-state index contributed by atoms with van der Waals surface area (Å²) in [6.45, 7) is 9.59. The van der Waals surface area contributed by atoms with E-state index < -0.39 is 0 Å². The van der Waals surface area contributed by atoms with Crippen molar-refractivity contribution in [2.24, 2.45) is 5.41 Å². The normalized spacial score (nSPS) is 13.6. The smallest absolute Gasteiger partial charge is 0.192 e. The topological polar surface area (TPSA) is 26.1 Å². The van der Waals surface area contributed by atoms with E-state index in [2.05, 4.69) is 6.72 Å². The van der Waals surface area contributed by atoms with Gasteiger partial charge in [-0.2, -0.15) is 0 Å². The van der Waals surface area contributed by atoms with E-state index >= 15 is 0 Å². The third kappa shape index (κ3) is 2.34. The molecule has 1 atom stereocenters. The van der Waals surface area contributed by atoms with Crippen molar-refractivity contribution in [1.82, 2.24) is 0 Å². The van der Waals surface area contributed by atoms with Gasteiger partial charge in [-0.3, -0.25) is 0 Å². The van der Waals surface area contributed by atoms with Crippen LogP contribution in [0.4, 0.5) is 0 Å². The zero-order valence-electron chi connectivity index (χ0n) is 9.03. The molecule has 2 nitrogen and oxygen atoms in total. The van der Waals surface area contributed by atoms with Gasteiger partial charge in [0.15, 0.2) is 6.04 Å². The maximum atomic E-state index is 11.4. The largest absolute Gasteiger partial charge is 0.624 e. The van der Waals surface area contributed by atoms with Gasteiger partial charge in [0.05, 0.1) is 0 Å². The van der Waals surface area contributed by atoms with Crippen LogP contribution < -0.4 is 0 Å². The van der Waals surface area contributed by atoms with E-state index in [1.807, 2.05) is 51.1 Å². The summed E-state index contributed by atoms with van der Waals surface area (Å²) in [6, 6.07) is 9.57. The lowest BCUT2D eigenvalue weighted by Gasteiger charge is -2.28. The predicted octanol–water partition coefficient (Wildman–Crippen LogP) is 2.98. The van der Waals surface area contributed by atoms with Gasteiger partial charge in [-0.25, -0.2) is 4.74 Å². The molecule has 0 saturated carbocycles. The first-order chi connectivity index (χ1) is 6.43. The number of hydrogen-bond acceptors (Lipinski definition) is 1. The van der Waals surface area contributed by atoms with Crippen molar-refractivity contribution in [3.63, 3.8) is 0 Å². The second kappa shape index (κ2) is 3.82. The average Bonchev–Trinajstić information content (AvgIpc) is 2.02. The van der Waals surface area contributed by atoms with Crippen molar-refractivity contribution in [2.45, 2.75) is 26.8 Å². The molecule has 0 aliphatic heterocycles. The van der Waals surface area contributed by atoms with Gasteiger partial charge in [0.1, 0.15) is 6.72 Å². The van der Waals surface area contributed by atoms with Crippen LogP contribution in [0.3, 0.4) is 0 Å². The average molecular weight is 191 g/mol. The van der Waals surface area contributed by atoms with Crippen molar-refractivity contribution >= 4 is 6.72 Å².